The second-order valence-electron chi connectivity index (χ2n) is 8.47. The Morgan fingerprint density at radius 3 is 2.70 bits per heavy atom. The van der Waals surface area contributed by atoms with E-state index in [1.807, 2.05) is 24.0 Å². The number of fused-ring (bicyclic) bond motifs is 2. The van der Waals surface area contributed by atoms with Crippen molar-refractivity contribution in [2.45, 2.75) is 25.9 Å². The molecule has 0 N–H and O–H groups in total. The lowest BCUT2D eigenvalue weighted by atomic mass is 9.99. The van der Waals surface area contributed by atoms with E-state index in [1.165, 1.54) is 0 Å². The van der Waals surface area contributed by atoms with Crippen molar-refractivity contribution < 1.29 is 32.2 Å². The van der Waals surface area contributed by atoms with E-state index in [9.17, 15) is 13.2 Å². The van der Waals surface area contributed by atoms with Crippen LogP contribution in [0.2, 0.25) is 0 Å². The van der Waals surface area contributed by atoms with Crippen molar-refractivity contribution in [2.24, 2.45) is 0 Å². The van der Waals surface area contributed by atoms with Crippen LogP contribution in [0.25, 0.3) is 6.08 Å². The summed E-state index contributed by atoms with van der Waals surface area (Å²) in [4.78, 5) is 15.2. The number of benzene rings is 2. The molecule has 33 heavy (non-hydrogen) atoms. The first kappa shape index (κ1) is 21.8. The Hall–Kier alpha value is -3.04. The van der Waals surface area contributed by atoms with Crippen LogP contribution in [0.4, 0.5) is 0 Å². The number of para-hydroxylation sites is 1. The molecule has 2 aromatic carbocycles. The molecule has 0 radical (unpaired) electrons. The smallest absolute Gasteiger partial charge is 0.231 e. The minimum atomic E-state index is -2.99. The van der Waals surface area contributed by atoms with Gasteiger partial charge in [0.05, 0.1) is 31.3 Å². The monoisotopic (exact) mass is 471 g/mol. The van der Waals surface area contributed by atoms with Crippen molar-refractivity contribution in [3.8, 4) is 23.0 Å². The summed E-state index contributed by atoms with van der Waals surface area (Å²) in [6.07, 6.45) is 2.25. The maximum atomic E-state index is 13.2. The number of nitrogens with zero attached hydrogens (tertiary/aromatic N) is 1. The van der Waals surface area contributed by atoms with Gasteiger partial charge in [-0.15, -0.1) is 0 Å². The van der Waals surface area contributed by atoms with Gasteiger partial charge >= 0.3 is 0 Å². The average Bonchev–Trinajstić information content (AvgIpc) is 3.33. The van der Waals surface area contributed by atoms with Crippen LogP contribution in [0.3, 0.4) is 0 Å². The Bertz CT molecular complexity index is 1280. The Kier molecular flexibility index (Phi) is 5.33. The standard InChI is InChI=1S/C24H25NO7S/c1-14-22-16(11-25(13-31-22)17-7-8-33(27,28)12-17)9-18-21(26)20(32-23(14)18)10-15-5-4-6-19(29-2)24(15)30-3/h4-6,9-10,17H,7-8,11-13H2,1-3H3/b20-10-/t17-/m0/s1. The lowest BCUT2D eigenvalue weighted by Gasteiger charge is -2.33. The Balaban J connectivity index is 1.46. The summed E-state index contributed by atoms with van der Waals surface area (Å²) in [5.74, 6) is 2.58. The van der Waals surface area contributed by atoms with Crippen molar-refractivity contribution in [1.82, 2.24) is 4.90 Å². The van der Waals surface area contributed by atoms with Crippen LogP contribution in [0.15, 0.2) is 30.0 Å². The predicted octanol–water partition coefficient (Wildman–Crippen LogP) is 2.97. The molecule has 0 unspecified atom stereocenters. The number of ether oxygens (including phenoxy) is 4. The van der Waals surface area contributed by atoms with Crippen molar-refractivity contribution in [1.29, 1.82) is 0 Å². The summed E-state index contributed by atoms with van der Waals surface area (Å²) in [7, 11) is 0.105. The van der Waals surface area contributed by atoms with Gasteiger partial charge in [0.25, 0.3) is 0 Å². The number of sulfone groups is 1. The SMILES string of the molecule is COc1cccc(/C=C2\Oc3c(cc4c(c3C)OCN([C@H]3CCS(=O)(=O)C3)C4)C2=O)c1OC. The zero-order chi connectivity index (χ0) is 23.3. The van der Waals surface area contributed by atoms with E-state index in [1.54, 1.807) is 32.4 Å². The van der Waals surface area contributed by atoms with E-state index < -0.39 is 9.84 Å². The van der Waals surface area contributed by atoms with Gasteiger partial charge in [0.15, 0.2) is 27.1 Å². The highest BCUT2D eigenvalue weighted by Gasteiger charge is 2.37. The average molecular weight is 472 g/mol. The number of Topliss-reactive ketones (excluding diaryl/α,β-unsaturated/α-hetero) is 1. The minimum absolute atomic E-state index is 0.0698. The molecule has 3 heterocycles. The van der Waals surface area contributed by atoms with Crippen LogP contribution >= 0.6 is 0 Å². The fraction of sp³-hybridized carbons (Fsp3) is 0.375. The highest BCUT2D eigenvalue weighted by Crippen LogP contribution is 2.44. The van der Waals surface area contributed by atoms with Crippen LogP contribution < -0.4 is 18.9 Å². The molecule has 5 rings (SSSR count). The van der Waals surface area contributed by atoms with E-state index in [4.69, 9.17) is 18.9 Å². The van der Waals surface area contributed by atoms with E-state index in [0.29, 0.717) is 53.8 Å². The molecule has 8 nitrogen and oxygen atoms in total. The number of carbonyl (C=O) groups is 1. The Labute approximate surface area is 192 Å². The molecule has 0 aliphatic carbocycles. The number of rotatable bonds is 4. The van der Waals surface area contributed by atoms with Gasteiger partial charge in [-0.1, -0.05) is 12.1 Å². The van der Waals surface area contributed by atoms with Gasteiger partial charge in [-0.2, -0.15) is 0 Å². The summed E-state index contributed by atoms with van der Waals surface area (Å²) >= 11 is 0. The molecule has 1 atom stereocenters. The third-order valence-corrected chi connectivity index (χ3v) is 8.16. The third kappa shape index (κ3) is 3.75. The molecule has 0 spiro atoms. The van der Waals surface area contributed by atoms with Crippen LogP contribution in [0.1, 0.15) is 33.5 Å². The van der Waals surface area contributed by atoms with Gasteiger partial charge in [0.1, 0.15) is 18.2 Å². The first-order valence-corrected chi connectivity index (χ1v) is 12.5. The summed E-state index contributed by atoms with van der Waals surface area (Å²) in [6, 6.07) is 7.15. The second-order valence-corrected chi connectivity index (χ2v) is 10.7. The van der Waals surface area contributed by atoms with Crippen LogP contribution in [0.5, 0.6) is 23.0 Å². The topological polar surface area (TPSA) is 91.4 Å². The highest BCUT2D eigenvalue weighted by atomic mass is 32.2. The first-order valence-electron chi connectivity index (χ1n) is 10.7. The molecule has 0 bridgehead atoms. The lowest BCUT2D eigenvalue weighted by Crippen LogP contribution is -2.41. The predicted molar refractivity (Wildman–Crippen MR) is 122 cm³/mol. The number of hydrogen-bond donors (Lipinski definition) is 0. The Morgan fingerprint density at radius 2 is 2.00 bits per heavy atom. The molecule has 0 aromatic heterocycles. The normalized spacial score (nSPS) is 22.5. The fourth-order valence-corrected chi connectivity index (χ4v) is 6.49. The van der Waals surface area contributed by atoms with E-state index in [2.05, 4.69) is 0 Å². The van der Waals surface area contributed by atoms with Gasteiger partial charge in [-0.05, 0) is 31.6 Å². The molecule has 3 aliphatic rings. The van der Waals surface area contributed by atoms with Gasteiger partial charge < -0.3 is 18.9 Å². The van der Waals surface area contributed by atoms with Crippen molar-refractivity contribution in [3.05, 3.63) is 52.3 Å². The van der Waals surface area contributed by atoms with Gasteiger partial charge in [0.2, 0.25) is 5.78 Å². The van der Waals surface area contributed by atoms with Crippen LogP contribution in [0, 0.1) is 6.92 Å². The largest absolute Gasteiger partial charge is 0.493 e. The molecule has 9 heteroatoms. The summed E-state index contributed by atoms with van der Waals surface area (Å²) in [6.45, 7) is 2.71. The number of hydrogen-bond acceptors (Lipinski definition) is 8. The van der Waals surface area contributed by atoms with Crippen LogP contribution in [-0.4, -0.2) is 57.6 Å². The van der Waals surface area contributed by atoms with E-state index in [0.717, 1.165) is 11.1 Å². The molecule has 2 aromatic rings. The molecule has 0 amide bonds. The zero-order valence-corrected chi connectivity index (χ0v) is 19.5. The maximum absolute atomic E-state index is 13.2. The quantitative estimate of drug-likeness (QED) is 0.629. The summed E-state index contributed by atoms with van der Waals surface area (Å²) < 4.78 is 46.6. The number of methoxy groups -OCH3 is 2. The van der Waals surface area contributed by atoms with Crippen LogP contribution in [-0.2, 0) is 16.4 Å². The maximum Gasteiger partial charge on any atom is 0.231 e. The number of carbonyl (C=O) groups excluding carboxylic acids is 1. The summed E-state index contributed by atoms with van der Waals surface area (Å²) in [5.41, 5.74) is 2.76. The molecular formula is C24H25NO7S. The van der Waals surface area contributed by atoms with E-state index in [-0.39, 0.29) is 29.1 Å². The molecule has 0 saturated carbocycles. The van der Waals surface area contributed by atoms with Crippen molar-refractivity contribution in [3.63, 3.8) is 0 Å². The second kappa shape index (κ2) is 8.07. The minimum Gasteiger partial charge on any atom is -0.493 e. The fourth-order valence-electron chi connectivity index (χ4n) is 4.73. The number of ketones is 1. The summed E-state index contributed by atoms with van der Waals surface area (Å²) in [5, 5.41) is 0. The molecule has 174 valence electrons. The Morgan fingerprint density at radius 1 is 1.18 bits per heavy atom. The van der Waals surface area contributed by atoms with Gasteiger partial charge in [0, 0.05) is 29.3 Å². The number of allylic oxidation sites excluding steroid dienone is 1. The molecule has 1 saturated heterocycles. The lowest BCUT2D eigenvalue weighted by molar-refractivity contribution is 0.0637. The first-order chi connectivity index (χ1) is 15.8. The van der Waals surface area contributed by atoms with E-state index >= 15 is 0 Å². The highest BCUT2D eigenvalue weighted by molar-refractivity contribution is 7.91. The zero-order valence-electron chi connectivity index (χ0n) is 18.7. The van der Waals surface area contributed by atoms with Crippen molar-refractivity contribution in [2.75, 3.05) is 32.5 Å². The van der Waals surface area contributed by atoms with Gasteiger partial charge in [-0.25, -0.2) is 8.42 Å². The van der Waals surface area contributed by atoms with Crippen molar-refractivity contribution >= 4 is 21.7 Å². The molecular weight excluding hydrogens is 446 g/mol. The van der Waals surface area contributed by atoms with Gasteiger partial charge in [-0.3, -0.25) is 9.69 Å². The third-order valence-electron chi connectivity index (χ3n) is 6.41. The molecule has 3 aliphatic heterocycles. The molecule has 1 fully saturated rings.